The van der Waals surface area contributed by atoms with Crippen LogP contribution in [-0.4, -0.2) is 36.6 Å². The summed E-state index contributed by atoms with van der Waals surface area (Å²) >= 11 is 11.9. The molecule has 2 amide bonds. The number of hydrogen-bond acceptors (Lipinski definition) is 4. The highest BCUT2D eigenvalue weighted by Crippen LogP contribution is 2.40. The summed E-state index contributed by atoms with van der Waals surface area (Å²) in [6.45, 7) is 0.591. The van der Waals surface area contributed by atoms with Crippen LogP contribution in [0.1, 0.15) is 29.6 Å². The molecule has 0 aliphatic carbocycles. The predicted octanol–water partition coefficient (Wildman–Crippen LogP) is 2.11. The SMILES string of the molecule is COc1c(Cl)cc(O)c(Cl)c1C(=O)NC1CCCCNC1=O. The van der Waals surface area contributed by atoms with Gasteiger partial charge in [-0.25, -0.2) is 0 Å². The summed E-state index contributed by atoms with van der Waals surface area (Å²) in [7, 11) is 1.34. The van der Waals surface area contributed by atoms with Crippen molar-refractivity contribution in [2.75, 3.05) is 13.7 Å². The Morgan fingerprint density at radius 2 is 2.18 bits per heavy atom. The number of aromatic hydroxyl groups is 1. The van der Waals surface area contributed by atoms with Crippen LogP contribution in [0.25, 0.3) is 0 Å². The van der Waals surface area contributed by atoms with E-state index < -0.39 is 11.9 Å². The van der Waals surface area contributed by atoms with Crippen LogP contribution in [0.3, 0.4) is 0 Å². The first-order valence-electron chi connectivity index (χ1n) is 6.79. The number of ether oxygens (including phenoxy) is 1. The number of phenolic OH excluding ortho intramolecular Hbond substituents is 1. The Morgan fingerprint density at radius 1 is 1.45 bits per heavy atom. The topological polar surface area (TPSA) is 87.7 Å². The van der Waals surface area contributed by atoms with E-state index in [1.165, 1.54) is 13.2 Å². The van der Waals surface area contributed by atoms with Crippen LogP contribution in [0, 0.1) is 0 Å². The number of carbonyl (C=O) groups is 2. The third-order valence-electron chi connectivity index (χ3n) is 3.42. The summed E-state index contributed by atoms with van der Waals surface area (Å²) < 4.78 is 5.08. The number of rotatable bonds is 3. The van der Waals surface area contributed by atoms with Crippen molar-refractivity contribution in [1.82, 2.24) is 10.6 Å². The summed E-state index contributed by atoms with van der Waals surface area (Å²) in [5.74, 6) is -1.15. The number of nitrogens with one attached hydrogen (secondary N) is 2. The second-order valence-corrected chi connectivity index (χ2v) is 5.70. The number of halogens is 2. The molecule has 1 fully saturated rings. The number of benzene rings is 1. The second kappa shape index (κ2) is 7.07. The van der Waals surface area contributed by atoms with Gasteiger partial charge in [-0.3, -0.25) is 9.59 Å². The lowest BCUT2D eigenvalue weighted by atomic mass is 10.1. The average molecular weight is 347 g/mol. The molecule has 0 aromatic heterocycles. The zero-order valence-corrected chi connectivity index (χ0v) is 13.4. The highest BCUT2D eigenvalue weighted by Gasteiger charge is 2.28. The molecule has 6 nitrogen and oxygen atoms in total. The van der Waals surface area contributed by atoms with Gasteiger partial charge >= 0.3 is 0 Å². The van der Waals surface area contributed by atoms with Gasteiger partial charge in [-0.05, 0) is 19.3 Å². The van der Waals surface area contributed by atoms with Crippen LogP contribution < -0.4 is 15.4 Å². The first-order chi connectivity index (χ1) is 10.5. The zero-order chi connectivity index (χ0) is 16.3. The van der Waals surface area contributed by atoms with Crippen molar-refractivity contribution in [2.24, 2.45) is 0 Å². The maximum Gasteiger partial charge on any atom is 0.257 e. The number of methoxy groups -OCH3 is 1. The van der Waals surface area contributed by atoms with Crippen LogP contribution in [0.5, 0.6) is 11.5 Å². The first-order valence-corrected chi connectivity index (χ1v) is 7.54. The largest absolute Gasteiger partial charge is 0.506 e. The number of phenols is 1. The first kappa shape index (κ1) is 16.7. The van der Waals surface area contributed by atoms with Crippen molar-refractivity contribution >= 4 is 35.0 Å². The molecule has 120 valence electrons. The summed E-state index contributed by atoms with van der Waals surface area (Å²) in [4.78, 5) is 24.3. The molecule has 0 radical (unpaired) electrons. The van der Waals surface area contributed by atoms with E-state index in [0.717, 1.165) is 12.8 Å². The fourth-order valence-corrected chi connectivity index (χ4v) is 2.81. The molecule has 0 spiro atoms. The van der Waals surface area contributed by atoms with E-state index in [1.807, 2.05) is 0 Å². The fraction of sp³-hybridized carbons (Fsp3) is 0.429. The lowest BCUT2D eigenvalue weighted by Gasteiger charge is -2.18. The lowest BCUT2D eigenvalue weighted by molar-refractivity contribution is -0.122. The molecular weight excluding hydrogens is 331 g/mol. The van der Waals surface area contributed by atoms with Crippen LogP contribution in [0.4, 0.5) is 0 Å². The van der Waals surface area contributed by atoms with E-state index in [-0.39, 0.29) is 33.0 Å². The Balaban J connectivity index is 2.31. The summed E-state index contributed by atoms with van der Waals surface area (Å²) in [6.07, 6.45) is 2.21. The third-order valence-corrected chi connectivity index (χ3v) is 4.09. The van der Waals surface area contributed by atoms with Crippen LogP contribution in [-0.2, 0) is 4.79 Å². The predicted molar refractivity (Wildman–Crippen MR) is 82.8 cm³/mol. The van der Waals surface area contributed by atoms with Gasteiger partial charge in [0.15, 0.2) is 5.75 Å². The highest BCUT2D eigenvalue weighted by molar-refractivity contribution is 6.38. The Bertz CT molecular complexity index is 607. The quantitative estimate of drug-likeness (QED) is 0.782. The molecule has 0 saturated carbocycles. The molecule has 1 aromatic carbocycles. The van der Waals surface area contributed by atoms with Gasteiger partial charge in [0.05, 0.1) is 17.2 Å². The second-order valence-electron chi connectivity index (χ2n) is 4.91. The number of carbonyl (C=O) groups excluding carboxylic acids is 2. The molecule has 2 rings (SSSR count). The smallest absolute Gasteiger partial charge is 0.257 e. The molecular formula is C14H16Cl2N2O4. The van der Waals surface area contributed by atoms with Crippen molar-refractivity contribution < 1.29 is 19.4 Å². The standard InChI is InChI=1S/C14H16Cl2N2O4/c1-22-12-7(15)6-9(19)11(16)10(12)14(21)18-8-4-2-3-5-17-13(8)20/h6,8,19H,2-5H2,1H3,(H,17,20)(H,18,21). The summed E-state index contributed by atoms with van der Waals surface area (Å²) in [5, 5.41) is 14.9. The number of amides is 2. The Labute approximate surface area is 137 Å². The molecule has 1 unspecified atom stereocenters. The fourth-order valence-electron chi connectivity index (χ4n) is 2.31. The minimum atomic E-state index is -0.656. The monoisotopic (exact) mass is 346 g/mol. The molecule has 8 heteroatoms. The maximum atomic E-state index is 12.5. The van der Waals surface area contributed by atoms with Gasteiger partial charge in [0, 0.05) is 12.6 Å². The molecule has 1 heterocycles. The highest BCUT2D eigenvalue weighted by atomic mass is 35.5. The minimum Gasteiger partial charge on any atom is -0.506 e. The molecule has 22 heavy (non-hydrogen) atoms. The van der Waals surface area contributed by atoms with Gasteiger partial charge in [0.2, 0.25) is 5.91 Å². The van der Waals surface area contributed by atoms with Gasteiger partial charge in [-0.2, -0.15) is 0 Å². The van der Waals surface area contributed by atoms with Gasteiger partial charge in [-0.15, -0.1) is 0 Å². The van der Waals surface area contributed by atoms with E-state index in [1.54, 1.807) is 0 Å². The van der Waals surface area contributed by atoms with Gasteiger partial charge < -0.3 is 20.5 Å². The summed E-state index contributed by atoms with van der Waals surface area (Å²) in [6, 6.07) is 0.537. The van der Waals surface area contributed by atoms with E-state index >= 15 is 0 Å². The molecule has 1 aliphatic rings. The Morgan fingerprint density at radius 3 is 2.86 bits per heavy atom. The maximum absolute atomic E-state index is 12.5. The number of hydrogen-bond donors (Lipinski definition) is 3. The third kappa shape index (κ3) is 3.39. The molecule has 1 aliphatic heterocycles. The molecule has 1 saturated heterocycles. The average Bonchev–Trinajstić information content (AvgIpc) is 2.67. The van der Waals surface area contributed by atoms with E-state index in [2.05, 4.69) is 10.6 Å². The lowest BCUT2D eigenvalue weighted by Crippen LogP contribution is -2.45. The van der Waals surface area contributed by atoms with Gasteiger partial charge in [0.1, 0.15) is 17.4 Å². The van der Waals surface area contributed by atoms with Gasteiger partial charge in [-0.1, -0.05) is 23.2 Å². The van der Waals surface area contributed by atoms with Crippen molar-refractivity contribution in [3.63, 3.8) is 0 Å². The summed E-state index contributed by atoms with van der Waals surface area (Å²) in [5.41, 5.74) is -0.0915. The molecule has 3 N–H and O–H groups in total. The zero-order valence-electron chi connectivity index (χ0n) is 11.9. The minimum absolute atomic E-state index is 0.0518. The Kier molecular flexibility index (Phi) is 5.37. The van der Waals surface area contributed by atoms with Crippen LogP contribution in [0.2, 0.25) is 10.0 Å². The Hall–Kier alpha value is -1.66. The van der Waals surface area contributed by atoms with Crippen LogP contribution >= 0.6 is 23.2 Å². The van der Waals surface area contributed by atoms with E-state index in [9.17, 15) is 14.7 Å². The normalized spacial score (nSPS) is 18.3. The molecule has 1 atom stereocenters. The van der Waals surface area contributed by atoms with Crippen LogP contribution in [0.15, 0.2) is 6.07 Å². The molecule has 1 aromatic rings. The molecule has 0 bridgehead atoms. The van der Waals surface area contributed by atoms with E-state index in [0.29, 0.717) is 13.0 Å². The van der Waals surface area contributed by atoms with Crippen molar-refractivity contribution in [1.29, 1.82) is 0 Å². The van der Waals surface area contributed by atoms with E-state index in [4.69, 9.17) is 27.9 Å². The van der Waals surface area contributed by atoms with Crippen molar-refractivity contribution in [3.8, 4) is 11.5 Å². The van der Waals surface area contributed by atoms with Crippen molar-refractivity contribution in [2.45, 2.75) is 25.3 Å². The van der Waals surface area contributed by atoms with Gasteiger partial charge in [0.25, 0.3) is 5.91 Å². The van der Waals surface area contributed by atoms with Crippen molar-refractivity contribution in [3.05, 3.63) is 21.7 Å².